The number of anilines is 2. The summed E-state index contributed by atoms with van der Waals surface area (Å²) in [6.45, 7) is 0. The molecule has 0 fully saturated rings. The molecule has 0 aliphatic heterocycles. The Morgan fingerprint density at radius 2 is 2.10 bits per heavy atom. The minimum Gasteiger partial charge on any atom is -0.372 e. The van der Waals surface area contributed by atoms with Crippen LogP contribution >= 0.6 is 0 Å². The number of nitrogens with one attached hydrogen (secondary N) is 2. The lowest BCUT2D eigenvalue weighted by atomic mass is 10.2. The highest BCUT2D eigenvalue weighted by molar-refractivity contribution is 6.02. The Kier molecular flexibility index (Phi) is 3.86. The van der Waals surface area contributed by atoms with Crippen LogP contribution in [0.5, 0.6) is 0 Å². The van der Waals surface area contributed by atoms with Crippen molar-refractivity contribution < 1.29 is 9.18 Å². The van der Waals surface area contributed by atoms with Crippen LogP contribution in [0.25, 0.3) is 0 Å². The quantitative estimate of drug-likeness (QED) is 0.888. The number of nitrogens with zero attached hydrogens (tertiary/aromatic N) is 3. The molecular formula is C13H10FN5O. The van der Waals surface area contributed by atoms with E-state index in [2.05, 4.69) is 20.8 Å². The van der Waals surface area contributed by atoms with E-state index in [4.69, 9.17) is 5.26 Å². The molecule has 0 unspecified atom stereocenters. The van der Waals surface area contributed by atoms with E-state index in [0.717, 1.165) is 6.07 Å². The highest BCUT2D eigenvalue weighted by atomic mass is 19.1. The summed E-state index contributed by atoms with van der Waals surface area (Å²) < 4.78 is 13.6. The molecule has 0 aliphatic rings. The zero-order valence-corrected chi connectivity index (χ0v) is 10.5. The Labute approximate surface area is 114 Å². The van der Waals surface area contributed by atoms with Crippen LogP contribution < -0.4 is 10.6 Å². The third kappa shape index (κ3) is 2.87. The van der Waals surface area contributed by atoms with Gasteiger partial charge in [-0.1, -0.05) is 0 Å². The SMILES string of the molecule is CNc1ccc(C(=O)Nc2ccc(C#N)cc2F)nn1. The molecule has 20 heavy (non-hydrogen) atoms. The third-order valence-corrected chi connectivity index (χ3v) is 2.50. The van der Waals surface area contributed by atoms with E-state index in [1.165, 1.54) is 18.2 Å². The van der Waals surface area contributed by atoms with Gasteiger partial charge in [0.1, 0.15) is 11.6 Å². The molecule has 0 bridgehead atoms. The summed E-state index contributed by atoms with van der Waals surface area (Å²) in [4.78, 5) is 11.9. The Morgan fingerprint density at radius 3 is 2.65 bits per heavy atom. The van der Waals surface area contributed by atoms with Crippen molar-refractivity contribution in [3.05, 3.63) is 47.4 Å². The van der Waals surface area contributed by atoms with Crippen molar-refractivity contribution in [1.82, 2.24) is 10.2 Å². The minimum atomic E-state index is -0.683. The van der Waals surface area contributed by atoms with Crippen molar-refractivity contribution in [2.24, 2.45) is 0 Å². The van der Waals surface area contributed by atoms with Gasteiger partial charge in [-0.3, -0.25) is 4.79 Å². The van der Waals surface area contributed by atoms with Crippen molar-refractivity contribution in [2.75, 3.05) is 17.7 Å². The van der Waals surface area contributed by atoms with Crippen LogP contribution in [0.3, 0.4) is 0 Å². The molecule has 2 N–H and O–H groups in total. The van der Waals surface area contributed by atoms with E-state index in [9.17, 15) is 9.18 Å². The molecule has 1 aromatic heterocycles. The molecule has 0 radical (unpaired) electrons. The highest BCUT2D eigenvalue weighted by Crippen LogP contribution is 2.16. The number of halogens is 1. The van der Waals surface area contributed by atoms with Crippen LogP contribution in [0.4, 0.5) is 15.9 Å². The van der Waals surface area contributed by atoms with Gasteiger partial charge in [0.2, 0.25) is 0 Å². The third-order valence-electron chi connectivity index (χ3n) is 2.50. The number of carbonyl (C=O) groups is 1. The molecule has 0 saturated carbocycles. The van der Waals surface area contributed by atoms with Gasteiger partial charge in [0, 0.05) is 7.05 Å². The Hall–Kier alpha value is -3.01. The number of hydrogen-bond acceptors (Lipinski definition) is 5. The zero-order valence-electron chi connectivity index (χ0n) is 10.5. The Bertz CT molecular complexity index is 678. The first-order valence-corrected chi connectivity index (χ1v) is 5.66. The van der Waals surface area contributed by atoms with Gasteiger partial charge in [0.15, 0.2) is 5.69 Å². The van der Waals surface area contributed by atoms with Crippen molar-refractivity contribution in [1.29, 1.82) is 5.26 Å². The second-order valence-electron chi connectivity index (χ2n) is 3.81. The maximum Gasteiger partial charge on any atom is 0.276 e. The van der Waals surface area contributed by atoms with Gasteiger partial charge in [0.25, 0.3) is 5.91 Å². The van der Waals surface area contributed by atoms with Crippen molar-refractivity contribution >= 4 is 17.4 Å². The Morgan fingerprint density at radius 1 is 1.30 bits per heavy atom. The molecule has 1 heterocycles. The fraction of sp³-hybridized carbons (Fsp3) is 0.0769. The average Bonchev–Trinajstić information content (AvgIpc) is 2.49. The summed E-state index contributed by atoms with van der Waals surface area (Å²) in [6, 6.07) is 8.64. The first kappa shape index (κ1) is 13.4. The molecule has 0 saturated heterocycles. The number of hydrogen-bond donors (Lipinski definition) is 2. The second kappa shape index (κ2) is 5.75. The van der Waals surface area contributed by atoms with Crippen LogP contribution in [0.15, 0.2) is 30.3 Å². The monoisotopic (exact) mass is 271 g/mol. The van der Waals surface area contributed by atoms with Gasteiger partial charge in [-0.05, 0) is 30.3 Å². The summed E-state index contributed by atoms with van der Waals surface area (Å²) in [7, 11) is 1.68. The lowest BCUT2D eigenvalue weighted by Crippen LogP contribution is -2.15. The Balaban J connectivity index is 2.17. The number of amides is 1. The van der Waals surface area contributed by atoms with E-state index < -0.39 is 11.7 Å². The largest absolute Gasteiger partial charge is 0.372 e. The number of carbonyl (C=O) groups excluding carboxylic acids is 1. The van der Waals surface area contributed by atoms with Crippen LogP contribution in [-0.2, 0) is 0 Å². The summed E-state index contributed by atoms with van der Waals surface area (Å²) in [6.07, 6.45) is 0. The van der Waals surface area contributed by atoms with Gasteiger partial charge in [0.05, 0.1) is 17.3 Å². The first-order chi connectivity index (χ1) is 9.63. The zero-order chi connectivity index (χ0) is 14.5. The van der Waals surface area contributed by atoms with Crippen molar-refractivity contribution in [3.8, 4) is 6.07 Å². The molecule has 6 nitrogen and oxygen atoms in total. The predicted octanol–water partition coefficient (Wildman–Crippen LogP) is 1.78. The standard InChI is InChI=1S/C13H10FN5O/c1-16-12-5-4-11(18-19-12)13(20)17-10-3-2-8(7-15)6-9(10)14/h2-6H,1H3,(H,16,19)(H,17,20). The molecule has 7 heteroatoms. The predicted molar refractivity (Wildman–Crippen MR) is 70.6 cm³/mol. The maximum absolute atomic E-state index is 13.6. The molecule has 1 aromatic carbocycles. The summed E-state index contributed by atoms with van der Waals surface area (Å²) in [5.74, 6) is -0.743. The minimum absolute atomic E-state index is 0.0199. The number of benzene rings is 1. The maximum atomic E-state index is 13.6. The lowest BCUT2D eigenvalue weighted by molar-refractivity contribution is 0.102. The summed E-state index contributed by atoms with van der Waals surface area (Å²) >= 11 is 0. The first-order valence-electron chi connectivity index (χ1n) is 5.66. The van der Waals surface area contributed by atoms with Crippen LogP contribution in [-0.4, -0.2) is 23.2 Å². The molecule has 1 amide bonds. The normalized spacial score (nSPS) is 9.65. The fourth-order valence-electron chi connectivity index (χ4n) is 1.46. The molecule has 0 aliphatic carbocycles. The molecule has 100 valence electrons. The number of nitriles is 1. The topological polar surface area (TPSA) is 90.7 Å². The van der Waals surface area contributed by atoms with Gasteiger partial charge in [-0.2, -0.15) is 5.26 Å². The summed E-state index contributed by atoms with van der Waals surface area (Å²) in [5.41, 5.74) is 0.222. The van der Waals surface area contributed by atoms with E-state index in [0.29, 0.717) is 5.82 Å². The number of rotatable bonds is 3. The second-order valence-corrected chi connectivity index (χ2v) is 3.81. The van der Waals surface area contributed by atoms with Crippen LogP contribution in [0.2, 0.25) is 0 Å². The smallest absolute Gasteiger partial charge is 0.276 e. The van der Waals surface area contributed by atoms with Crippen LogP contribution in [0, 0.1) is 17.1 Å². The van der Waals surface area contributed by atoms with Gasteiger partial charge in [-0.25, -0.2) is 4.39 Å². The van der Waals surface area contributed by atoms with E-state index in [-0.39, 0.29) is 16.9 Å². The van der Waals surface area contributed by atoms with Crippen molar-refractivity contribution in [3.63, 3.8) is 0 Å². The molecule has 0 atom stereocenters. The molecular weight excluding hydrogens is 261 g/mol. The molecule has 0 spiro atoms. The van der Waals surface area contributed by atoms with Crippen LogP contribution in [0.1, 0.15) is 16.1 Å². The molecule has 2 rings (SSSR count). The van der Waals surface area contributed by atoms with E-state index in [1.54, 1.807) is 13.1 Å². The summed E-state index contributed by atoms with van der Waals surface area (Å²) in [5, 5.41) is 21.2. The molecule has 2 aromatic rings. The van der Waals surface area contributed by atoms with E-state index >= 15 is 0 Å². The van der Waals surface area contributed by atoms with Gasteiger partial charge >= 0.3 is 0 Å². The van der Waals surface area contributed by atoms with Gasteiger partial charge < -0.3 is 10.6 Å². The van der Waals surface area contributed by atoms with Crippen molar-refractivity contribution in [2.45, 2.75) is 0 Å². The number of aromatic nitrogens is 2. The van der Waals surface area contributed by atoms with E-state index in [1.807, 2.05) is 6.07 Å². The average molecular weight is 271 g/mol. The highest BCUT2D eigenvalue weighted by Gasteiger charge is 2.11. The lowest BCUT2D eigenvalue weighted by Gasteiger charge is -2.06. The fourth-order valence-corrected chi connectivity index (χ4v) is 1.46. The van der Waals surface area contributed by atoms with Gasteiger partial charge in [-0.15, -0.1) is 10.2 Å².